The number of thiocarbonyl (C=S) groups is 1. The van der Waals surface area contributed by atoms with Crippen LogP contribution in [0.3, 0.4) is 0 Å². The lowest BCUT2D eigenvalue weighted by molar-refractivity contribution is 0.0977. The number of ether oxygens (including phenoxy) is 1. The molecule has 0 saturated carbocycles. The van der Waals surface area contributed by atoms with Crippen LogP contribution in [0.5, 0.6) is 5.75 Å². The molecule has 144 valence electrons. The highest BCUT2D eigenvalue weighted by Crippen LogP contribution is 2.27. The number of amides is 1. The Labute approximate surface area is 168 Å². The minimum absolute atomic E-state index is 0.139. The number of aliphatic hydroxyl groups is 1. The molecule has 0 atom stereocenters. The highest BCUT2D eigenvalue weighted by molar-refractivity contribution is 7.80. The first-order chi connectivity index (χ1) is 13.5. The molecule has 0 aliphatic carbocycles. The monoisotopic (exact) mass is 396 g/mol. The van der Waals surface area contributed by atoms with Crippen molar-refractivity contribution in [1.82, 2.24) is 5.32 Å². The molecule has 1 heterocycles. The van der Waals surface area contributed by atoms with Crippen LogP contribution in [0.15, 0.2) is 59.0 Å². The average Bonchev–Trinajstić information content (AvgIpc) is 3.17. The Morgan fingerprint density at radius 3 is 2.68 bits per heavy atom. The number of benzene rings is 2. The largest absolute Gasteiger partial charge is 0.497 e. The van der Waals surface area contributed by atoms with Gasteiger partial charge in [0.2, 0.25) is 0 Å². The molecule has 0 saturated heterocycles. The van der Waals surface area contributed by atoms with Crippen molar-refractivity contribution >= 4 is 28.9 Å². The Kier molecular flexibility index (Phi) is 6.08. The Morgan fingerprint density at radius 2 is 2.00 bits per heavy atom. The van der Waals surface area contributed by atoms with Gasteiger partial charge in [0, 0.05) is 16.8 Å². The van der Waals surface area contributed by atoms with E-state index in [1.54, 1.807) is 37.4 Å². The number of aryl methyl sites for hydroxylation is 1. The molecule has 6 nitrogen and oxygen atoms in total. The number of hydrogen-bond donors (Lipinski definition) is 3. The van der Waals surface area contributed by atoms with Crippen molar-refractivity contribution in [2.24, 2.45) is 0 Å². The highest BCUT2D eigenvalue weighted by atomic mass is 32.1. The van der Waals surface area contributed by atoms with E-state index in [0.717, 1.165) is 16.8 Å². The minimum atomic E-state index is -0.322. The predicted molar refractivity (Wildman–Crippen MR) is 111 cm³/mol. The van der Waals surface area contributed by atoms with Crippen molar-refractivity contribution in [2.45, 2.75) is 13.5 Å². The van der Waals surface area contributed by atoms with Crippen LogP contribution >= 0.6 is 12.2 Å². The second-order valence-electron chi connectivity index (χ2n) is 6.09. The van der Waals surface area contributed by atoms with Crippen LogP contribution in [0.4, 0.5) is 5.69 Å². The molecule has 0 fully saturated rings. The molecule has 0 radical (unpaired) electrons. The van der Waals surface area contributed by atoms with Crippen molar-refractivity contribution in [1.29, 1.82) is 0 Å². The topological polar surface area (TPSA) is 83.7 Å². The highest BCUT2D eigenvalue weighted by Gasteiger charge is 2.11. The number of anilines is 1. The molecule has 1 amide bonds. The maximum atomic E-state index is 12.3. The third-order valence-electron chi connectivity index (χ3n) is 4.13. The molecule has 0 unspecified atom stereocenters. The Hall–Kier alpha value is -3.16. The van der Waals surface area contributed by atoms with Gasteiger partial charge in [-0.25, -0.2) is 0 Å². The van der Waals surface area contributed by atoms with Gasteiger partial charge in [-0.3, -0.25) is 10.1 Å². The van der Waals surface area contributed by atoms with Crippen LogP contribution in [0, 0.1) is 6.92 Å². The predicted octanol–water partition coefficient (Wildman–Crippen LogP) is 3.88. The summed E-state index contributed by atoms with van der Waals surface area (Å²) >= 11 is 5.24. The Bertz CT molecular complexity index is 1010. The van der Waals surface area contributed by atoms with E-state index in [-0.39, 0.29) is 17.6 Å². The summed E-state index contributed by atoms with van der Waals surface area (Å²) in [5.74, 6) is 1.47. The lowest BCUT2D eigenvalue weighted by atomic mass is 10.1. The minimum Gasteiger partial charge on any atom is -0.497 e. The molecular formula is C21H20N2O4S. The fourth-order valence-electron chi connectivity index (χ4n) is 2.73. The van der Waals surface area contributed by atoms with Gasteiger partial charge in [-0.2, -0.15) is 0 Å². The molecule has 0 spiro atoms. The molecular weight excluding hydrogens is 376 g/mol. The zero-order valence-corrected chi connectivity index (χ0v) is 16.3. The average molecular weight is 396 g/mol. The third kappa shape index (κ3) is 4.57. The summed E-state index contributed by atoms with van der Waals surface area (Å²) in [4.78, 5) is 12.3. The van der Waals surface area contributed by atoms with E-state index in [0.29, 0.717) is 22.8 Å². The van der Waals surface area contributed by atoms with Crippen molar-refractivity contribution in [2.75, 3.05) is 12.4 Å². The lowest BCUT2D eigenvalue weighted by Crippen LogP contribution is -2.34. The first kappa shape index (κ1) is 19.6. The van der Waals surface area contributed by atoms with Gasteiger partial charge in [0.05, 0.1) is 7.11 Å². The summed E-state index contributed by atoms with van der Waals surface area (Å²) in [7, 11) is 1.54. The van der Waals surface area contributed by atoms with E-state index in [4.69, 9.17) is 26.5 Å². The maximum absolute atomic E-state index is 12.3. The van der Waals surface area contributed by atoms with Gasteiger partial charge in [-0.1, -0.05) is 6.07 Å². The SMILES string of the molecule is COc1cccc(C(=O)NC(=S)Nc2ccc(-c3ccc(CO)o3)c(C)c2)c1. The smallest absolute Gasteiger partial charge is 0.257 e. The zero-order valence-electron chi connectivity index (χ0n) is 15.5. The van der Waals surface area contributed by atoms with Gasteiger partial charge in [-0.15, -0.1) is 0 Å². The molecule has 0 aliphatic rings. The van der Waals surface area contributed by atoms with Crippen LogP contribution < -0.4 is 15.4 Å². The lowest BCUT2D eigenvalue weighted by Gasteiger charge is -2.12. The molecule has 3 N–H and O–H groups in total. The van der Waals surface area contributed by atoms with Gasteiger partial charge in [0.25, 0.3) is 5.91 Å². The van der Waals surface area contributed by atoms with Crippen molar-refractivity contribution < 1.29 is 19.1 Å². The van der Waals surface area contributed by atoms with Crippen molar-refractivity contribution in [3.63, 3.8) is 0 Å². The van der Waals surface area contributed by atoms with Crippen LogP contribution in [0.1, 0.15) is 21.7 Å². The number of hydrogen-bond acceptors (Lipinski definition) is 5. The number of carbonyl (C=O) groups is 1. The van der Waals surface area contributed by atoms with Gasteiger partial charge >= 0.3 is 0 Å². The number of nitrogens with one attached hydrogen (secondary N) is 2. The van der Waals surface area contributed by atoms with Crippen LogP contribution in [0.2, 0.25) is 0 Å². The summed E-state index contributed by atoms with van der Waals surface area (Å²) in [5.41, 5.74) is 3.07. The second kappa shape index (κ2) is 8.69. The van der Waals surface area contributed by atoms with E-state index in [9.17, 15) is 4.79 Å². The van der Waals surface area contributed by atoms with Crippen molar-refractivity contribution in [3.8, 4) is 17.1 Å². The molecule has 3 aromatic rings. The van der Waals surface area contributed by atoms with E-state index in [1.807, 2.05) is 31.2 Å². The summed E-state index contributed by atoms with van der Waals surface area (Å²) in [6.07, 6.45) is 0. The van der Waals surface area contributed by atoms with Gasteiger partial charge in [0.15, 0.2) is 5.11 Å². The van der Waals surface area contributed by atoms with Gasteiger partial charge in [-0.05, 0) is 73.2 Å². The molecule has 28 heavy (non-hydrogen) atoms. The number of carbonyl (C=O) groups excluding carboxylic acids is 1. The van der Waals surface area contributed by atoms with E-state index in [1.165, 1.54) is 0 Å². The first-order valence-corrected chi connectivity index (χ1v) is 8.98. The molecule has 0 aliphatic heterocycles. The van der Waals surface area contributed by atoms with Gasteiger partial charge in [0.1, 0.15) is 23.9 Å². The summed E-state index contributed by atoms with van der Waals surface area (Å²) in [5, 5.41) is 15.0. The maximum Gasteiger partial charge on any atom is 0.257 e. The van der Waals surface area contributed by atoms with Crippen LogP contribution in [-0.4, -0.2) is 23.2 Å². The third-order valence-corrected chi connectivity index (χ3v) is 4.33. The number of rotatable bonds is 5. The number of aliphatic hydroxyl groups excluding tert-OH is 1. The fraction of sp³-hybridized carbons (Fsp3) is 0.143. The molecule has 7 heteroatoms. The molecule has 0 bridgehead atoms. The Morgan fingerprint density at radius 1 is 1.18 bits per heavy atom. The molecule has 3 rings (SSSR count). The fourth-order valence-corrected chi connectivity index (χ4v) is 2.94. The van der Waals surface area contributed by atoms with Crippen molar-refractivity contribution in [3.05, 3.63) is 71.5 Å². The molecule has 1 aromatic heterocycles. The number of methoxy groups -OCH3 is 1. The quantitative estimate of drug-likeness (QED) is 0.568. The van der Waals surface area contributed by atoms with Crippen LogP contribution in [-0.2, 0) is 6.61 Å². The normalized spacial score (nSPS) is 10.4. The molecule has 2 aromatic carbocycles. The summed E-state index contributed by atoms with van der Waals surface area (Å²) in [6, 6.07) is 16.0. The van der Waals surface area contributed by atoms with E-state index < -0.39 is 0 Å². The van der Waals surface area contributed by atoms with Gasteiger partial charge < -0.3 is 19.6 Å². The Balaban J connectivity index is 1.66. The standard InChI is InChI=1S/C21H20N2O4S/c1-13-10-15(6-8-18(13)19-9-7-17(12-24)27-19)22-21(28)23-20(25)14-4-3-5-16(11-14)26-2/h3-11,24H,12H2,1-2H3,(H2,22,23,25,28). The van der Waals surface area contributed by atoms with Crippen LogP contribution in [0.25, 0.3) is 11.3 Å². The van der Waals surface area contributed by atoms with E-state index >= 15 is 0 Å². The van der Waals surface area contributed by atoms with E-state index in [2.05, 4.69) is 10.6 Å². The zero-order chi connectivity index (χ0) is 20.1. The first-order valence-electron chi connectivity index (χ1n) is 8.57. The number of furan rings is 1. The summed E-state index contributed by atoms with van der Waals surface area (Å²) < 4.78 is 10.7. The second-order valence-corrected chi connectivity index (χ2v) is 6.50. The summed E-state index contributed by atoms with van der Waals surface area (Å²) in [6.45, 7) is 1.81.